The summed E-state index contributed by atoms with van der Waals surface area (Å²) in [5.41, 5.74) is 0.795. The fraction of sp³-hybridized carbons (Fsp3) is 0.353. The second kappa shape index (κ2) is 5.75. The highest BCUT2D eigenvalue weighted by Crippen LogP contribution is 2.36. The molecule has 0 spiro atoms. The van der Waals surface area contributed by atoms with Crippen molar-refractivity contribution in [2.45, 2.75) is 25.3 Å². The Hall–Kier alpha value is -2.43. The first-order valence-electron chi connectivity index (χ1n) is 7.38. The van der Waals surface area contributed by atoms with E-state index in [1.165, 1.54) is 0 Å². The third-order valence-corrected chi connectivity index (χ3v) is 4.41. The molecular formula is C17H17NO4. The van der Waals surface area contributed by atoms with E-state index in [1.54, 1.807) is 12.1 Å². The molecule has 1 heterocycles. The number of carboxylic acid groups (broad SMARTS) is 1. The van der Waals surface area contributed by atoms with Crippen LogP contribution in [0.4, 0.5) is 0 Å². The molecule has 5 nitrogen and oxygen atoms in total. The summed E-state index contributed by atoms with van der Waals surface area (Å²) in [5.74, 6) is -2.62. The zero-order chi connectivity index (χ0) is 15.7. The van der Waals surface area contributed by atoms with Crippen LogP contribution >= 0.6 is 0 Å². The van der Waals surface area contributed by atoms with Crippen molar-refractivity contribution >= 4 is 17.8 Å². The topological polar surface area (TPSA) is 74.7 Å². The van der Waals surface area contributed by atoms with Gasteiger partial charge in [0.1, 0.15) is 6.04 Å². The van der Waals surface area contributed by atoms with Crippen molar-refractivity contribution in [2.75, 3.05) is 0 Å². The Morgan fingerprint density at radius 1 is 1.09 bits per heavy atom. The highest BCUT2D eigenvalue weighted by molar-refractivity contribution is 6.08. The normalized spacial score (nSPS) is 25.2. The number of benzene rings is 1. The lowest BCUT2D eigenvalue weighted by Gasteiger charge is -2.23. The van der Waals surface area contributed by atoms with E-state index in [4.69, 9.17) is 0 Å². The van der Waals surface area contributed by atoms with Gasteiger partial charge in [-0.3, -0.25) is 14.5 Å². The summed E-state index contributed by atoms with van der Waals surface area (Å²) in [6, 6.07) is 7.93. The predicted molar refractivity (Wildman–Crippen MR) is 78.8 cm³/mol. The molecule has 0 saturated carbocycles. The average molecular weight is 299 g/mol. The third-order valence-electron chi connectivity index (χ3n) is 4.41. The minimum absolute atomic E-state index is 0.139. The number of hydrogen-bond acceptors (Lipinski definition) is 3. The largest absolute Gasteiger partial charge is 0.480 e. The Bertz CT molecular complexity index is 611. The molecule has 3 rings (SSSR count). The monoisotopic (exact) mass is 299 g/mol. The van der Waals surface area contributed by atoms with Crippen LogP contribution in [-0.4, -0.2) is 33.8 Å². The Morgan fingerprint density at radius 2 is 1.64 bits per heavy atom. The molecule has 1 aromatic carbocycles. The second-order valence-electron chi connectivity index (χ2n) is 5.75. The van der Waals surface area contributed by atoms with Crippen molar-refractivity contribution in [3.05, 3.63) is 48.0 Å². The number of aliphatic carboxylic acids is 1. The van der Waals surface area contributed by atoms with Crippen LogP contribution in [0.2, 0.25) is 0 Å². The summed E-state index contributed by atoms with van der Waals surface area (Å²) in [5, 5.41) is 9.50. The minimum atomic E-state index is -1.14. The van der Waals surface area contributed by atoms with Gasteiger partial charge in [0.15, 0.2) is 0 Å². The number of imide groups is 1. The molecule has 3 atom stereocenters. The summed E-state index contributed by atoms with van der Waals surface area (Å²) in [6.07, 6.45) is 4.96. The quantitative estimate of drug-likeness (QED) is 0.677. The standard InChI is InChI=1S/C17H17NO4/c19-15-12-8-4-5-9-13(12)16(20)18(15)14(17(21)22)10-11-6-2-1-3-7-11/h1-7,12-14H,8-10H2,(H,21,22)/t12-,13+,14-/m0/s1. The lowest BCUT2D eigenvalue weighted by Crippen LogP contribution is -2.46. The van der Waals surface area contributed by atoms with E-state index < -0.39 is 23.8 Å². The van der Waals surface area contributed by atoms with Crippen LogP contribution in [0, 0.1) is 11.8 Å². The van der Waals surface area contributed by atoms with Gasteiger partial charge < -0.3 is 5.11 Å². The van der Waals surface area contributed by atoms with Gasteiger partial charge in [-0.25, -0.2) is 4.79 Å². The molecule has 5 heteroatoms. The first-order valence-corrected chi connectivity index (χ1v) is 7.38. The number of rotatable bonds is 4. The van der Waals surface area contributed by atoms with Crippen LogP contribution in [0.3, 0.4) is 0 Å². The summed E-state index contributed by atoms with van der Waals surface area (Å²) >= 11 is 0. The number of fused-ring (bicyclic) bond motifs is 1. The van der Waals surface area contributed by atoms with Crippen LogP contribution in [-0.2, 0) is 20.8 Å². The van der Waals surface area contributed by atoms with Gasteiger partial charge in [0.25, 0.3) is 0 Å². The van der Waals surface area contributed by atoms with Crippen molar-refractivity contribution in [1.82, 2.24) is 4.90 Å². The highest BCUT2D eigenvalue weighted by Gasteiger charge is 2.51. The van der Waals surface area contributed by atoms with Gasteiger partial charge in [0.2, 0.25) is 11.8 Å². The molecule has 1 aliphatic heterocycles. The number of carboxylic acids is 1. The van der Waals surface area contributed by atoms with Gasteiger partial charge in [-0.05, 0) is 18.4 Å². The van der Waals surface area contributed by atoms with Crippen LogP contribution < -0.4 is 0 Å². The molecule has 0 radical (unpaired) electrons. The molecule has 1 saturated heterocycles. The van der Waals surface area contributed by atoms with Crippen molar-refractivity contribution in [2.24, 2.45) is 11.8 Å². The van der Waals surface area contributed by atoms with E-state index >= 15 is 0 Å². The molecule has 0 bridgehead atoms. The van der Waals surface area contributed by atoms with Crippen molar-refractivity contribution in [3.63, 3.8) is 0 Å². The van der Waals surface area contributed by atoms with Crippen LogP contribution in [0.1, 0.15) is 18.4 Å². The first kappa shape index (κ1) is 14.5. The summed E-state index contributed by atoms with van der Waals surface area (Å²) in [4.78, 5) is 37.6. The Balaban J connectivity index is 1.87. The summed E-state index contributed by atoms with van der Waals surface area (Å²) < 4.78 is 0. The molecule has 0 aromatic heterocycles. The molecule has 1 N–H and O–H groups in total. The van der Waals surface area contributed by atoms with Crippen LogP contribution in [0.5, 0.6) is 0 Å². The number of likely N-dealkylation sites (tertiary alicyclic amines) is 1. The van der Waals surface area contributed by atoms with Gasteiger partial charge >= 0.3 is 5.97 Å². The van der Waals surface area contributed by atoms with Crippen LogP contribution in [0.25, 0.3) is 0 Å². The maximum Gasteiger partial charge on any atom is 0.327 e. The second-order valence-corrected chi connectivity index (χ2v) is 5.75. The van der Waals surface area contributed by atoms with Crippen molar-refractivity contribution < 1.29 is 19.5 Å². The van der Waals surface area contributed by atoms with Crippen molar-refractivity contribution in [1.29, 1.82) is 0 Å². The van der Waals surface area contributed by atoms with Crippen molar-refractivity contribution in [3.8, 4) is 0 Å². The maximum atomic E-state index is 12.5. The van der Waals surface area contributed by atoms with E-state index in [0.29, 0.717) is 12.8 Å². The number of carbonyl (C=O) groups is 3. The molecule has 114 valence electrons. The van der Waals surface area contributed by atoms with Gasteiger partial charge in [0, 0.05) is 6.42 Å². The summed E-state index contributed by atoms with van der Waals surface area (Å²) in [7, 11) is 0. The van der Waals surface area contributed by atoms with E-state index in [2.05, 4.69) is 0 Å². The molecule has 1 aromatic rings. The van der Waals surface area contributed by atoms with Gasteiger partial charge in [-0.15, -0.1) is 0 Å². The zero-order valence-electron chi connectivity index (χ0n) is 12.0. The van der Waals surface area contributed by atoms with E-state index in [1.807, 2.05) is 30.4 Å². The SMILES string of the molecule is O=C(O)[C@H](Cc1ccccc1)N1C(=O)[C@H]2CC=CC[C@H]2C1=O. The smallest absolute Gasteiger partial charge is 0.327 e. The van der Waals surface area contributed by atoms with E-state index in [0.717, 1.165) is 10.5 Å². The van der Waals surface area contributed by atoms with Gasteiger partial charge in [-0.1, -0.05) is 42.5 Å². The van der Waals surface area contributed by atoms with E-state index in [-0.39, 0.29) is 18.2 Å². The number of carbonyl (C=O) groups excluding carboxylic acids is 2. The molecule has 2 aliphatic rings. The fourth-order valence-electron chi connectivity index (χ4n) is 3.26. The Labute approximate surface area is 128 Å². The Morgan fingerprint density at radius 3 is 2.14 bits per heavy atom. The molecule has 22 heavy (non-hydrogen) atoms. The number of amides is 2. The number of hydrogen-bond donors (Lipinski definition) is 1. The highest BCUT2D eigenvalue weighted by atomic mass is 16.4. The maximum absolute atomic E-state index is 12.5. The first-order chi connectivity index (χ1) is 10.6. The van der Waals surface area contributed by atoms with Crippen LogP contribution in [0.15, 0.2) is 42.5 Å². The molecular weight excluding hydrogens is 282 g/mol. The number of allylic oxidation sites excluding steroid dienone is 2. The Kier molecular flexibility index (Phi) is 3.79. The fourth-order valence-corrected chi connectivity index (χ4v) is 3.26. The lowest BCUT2D eigenvalue weighted by molar-refractivity contribution is -0.155. The lowest BCUT2D eigenvalue weighted by atomic mass is 9.85. The van der Waals surface area contributed by atoms with Gasteiger partial charge in [0.05, 0.1) is 11.8 Å². The summed E-state index contributed by atoms with van der Waals surface area (Å²) in [6.45, 7) is 0. The zero-order valence-corrected chi connectivity index (χ0v) is 12.0. The minimum Gasteiger partial charge on any atom is -0.480 e. The average Bonchev–Trinajstić information content (AvgIpc) is 2.78. The van der Waals surface area contributed by atoms with Gasteiger partial charge in [-0.2, -0.15) is 0 Å². The number of nitrogens with zero attached hydrogens (tertiary/aromatic N) is 1. The van der Waals surface area contributed by atoms with E-state index in [9.17, 15) is 19.5 Å². The molecule has 1 fully saturated rings. The molecule has 1 aliphatic carbocycles. The molecule has 0 unspecified atom stereocenters. The third kappa shape index (κ3) is 2.43. The molecule has 2 amide bonds. The predicted octanol–water partition coefficient (Wildman–Crippen LogP) is 1.63.